The molecular weight excluding hydrogens is 341 g/mol. The highest BCUT2D eigenvalue weighted by molar-refractivity contribution is 6.10. The highest BCUT2D eigenvalue weighted by Gasteiger charge is 2.69. The SMILES string of the molecule is O=C(NC1(C(F)(F)F)NC(=O)N(C2CCCC2)C1=O)c1cccnc1. The normalized spacial score (nSPS) is 24.5. The van der Waals surface area contributed by atoms with Crippen LogP contribution in [-0.2, 0) is 4.79 Å². The molecule has 0 aromatic carbocycles. The Bertz CT molecular complexity index is 704. The molecule has 1 aliphatic heterocycles. The van der Waals surface area contributed by atoms with Crippen molar-refractivity contribution in [2.24, 2.45) is 0 Å². The molecule has 4 amide bonds. The molecule has 7 nitrogen and oxygen atoms in total. The zero-order valence-corrected chi connectivity index (χ0v) is 13.0. The first-order valence-electron chi connectivity index (χ1n) is 7.71. The summed E-state index contributed by atoms with van der Waals surface area (Å²) in [4.78, 5) is 41.0. The summed E-state index contributed by atoms with van der Waals surface area (Å²) in [6, 6.07) is 0.880. The van der Waals surface area contributed by atoms with Gasteiger partial charge in [0, 0.05) is 18.4 Å². The summed E-state index contributed by atoms with van der Waals surface area (Å²) < 4.78 is 41.1. The van der Waals surface area contributed by atoms with E-state index in [4.69, 9.17) is 0 Å². The molecule has 2 fully saturated rings. The Labute approximate surface area is 140 Å². The summed E-state index contributed by atoms with van der Waals surface area (Å²) in [5, 5.41) is 3.30. The summed E-state index contributed by atoms with van der Waals surface area (Å²) in [7, 11) is 0. The number of hydrogen-bond acceptors (Lipinski definition) is 4. The van der Waals surface area contributed by atoms with Gasteiger partial charge in [0.2, 0.25) is 0 Å². The Balaban J connectivity index is 1.93. The molecule has 1 unspecified atom stereocenters. The van der Waals surface area contributed by atoms with Crippen LogP contribution in [0.25, 0.3) is 0 Å². The van der Waals surface area contributed by atoms with Crippen molar-refractivity contribution in [1.82, 2.24) is 20.5 Å². The number of halogens is 3. The van der Waals surface area contributed by atoms with Gasteiger partial charge in [0.05, 0.1) is 5.56 Å². The van der Waals surface area contributed by atoms with Crippen molar-refractivity contribution in [2.45, 2.75) is 43.6 Å². The lowest BCUT2D eigenvalue weighted by molar-refractivity contribution is -0.200. The number of pyridine rings is 1. The number of aromatic nitrogens is 1. The van der Waals surface area contributed by atoms with E-state index in [1.165, 1.54) is 18.3 Å². The molecular formula is C15H15F3N4O3. The second-order valence-corrected chi connectivity index (χ2v) is 5.99. The monoisotopic (exact) mass is 356 g/mol. The molecule has 134 valence electrons. The highest BCUT2D eigenvalue weighted by Crippen LogP contribution is 2.37. The van der Waals surface area contributed by atoms with Crippen molar-refractivity contribution < 1.29 is 27.6 Å². The fourth-order valence-corrected chi connectivity index (χ4v) is 3.13. The van der Waals surface area contributed by atoms with Gasteiger partial charge in [-0.3, -0.25) is 24.8 Å². The van der Waals surface area contributed by atoms with Crippen molar-refractivity contribution in [3.05, 3.63) is 30.1 Å². The van der Waals surface area contributed by atoms with Gasteiger partial charge in [-0.25, -0.2) is 4.79 Å². The van der Waals surface area contributed by atoms with Crippen LogP contribution in [0.3, 0.4) is 0 Å². The van der Waals surface area contributed by atoms with Gasteiger partial charge in [-0.1, -0.05) is 12.8 Å². The lowest BCUT2D eigenvalue weighted by Gasteiger charge is -2.30. The molecule has 1 aromatic heterocycles. The first-order chi connectivity index (χ1) is 11.8. The number of hydrogen-bond donors (Lipinski definition) is 2. The Morgan fingerprint density at radius 3 is 2.56 bits per heavy atom. The minimum Gasteiger partial charge on any atom is -0.314 e. The molecule has 1 saturated carbocycles. The fraction of sp³-hybridized carbons (Fsp3) is 0.467. The van der Waals surface area contributed by atoms with Crippen LogP contribution in [0.15, 0.2) is 24.5 Å². The van der Waals surface area contributed by atoms with Gasteiger partial charge in [-0.05, 0) is 25.0 Å². The van der Waals surface area contributed by atoms with E-state index < -0.39 is 35.7 Å². The molecule has 1 saturated heterocycles. The highest BCUT2D eigenvalue weighted by atomic mass is 19.4. The number of rotatable bonds is 3. The minimum absolute atomic E-state index is 0.160. The first kappa shape index (κ1) is 17.2. The van der Waals surface area contributed by atoms with E-state index in [-0.39, 0.29) is 5.56 Å². The molecule has 2 N–H and O–H groups in total. The van der Waals surface area contributed by atoms with Crippen LogP contribution in [0.5, 0.6) is 0 Å². The maximum Gasteiger partial charge on any atom is 0.440 e. The second kappa shape index (κ2) is 6.01. The van der Waals surface area contributed by atoms with Crippen LogP contribution in [0.4, 0.5) is 18.0 Å². The molecule has 3 rings (SSSR count). The van der Waals surface area contributed by atoms with Crippen LogP contribution in [-0.4, -0.2) is 45.6 Å². The number of carbonyl (C=O) groups excluding carboxylic acids is 3. The number of nitrogens with zero attached hydrogens (tertiary/aromatic N) is 2. The van der Waals surface area contributed by atoms with E-state index in [9.17, 15) is 27.6 Å². The van der Waals surface area contributed by atoms with Gasteiger partial charge in [-0.2, -0.15) is 13.2 Å². The fourth-order valence-electron chi connectivity index (χ4n) is 3.13. The number of imide groups is 1. The molecule has 2 aliphatic rings. The van der Waals surface area contributed by atoms with E-state index in [1.54, 1.807) is 10.6 Å². The van der Waals surface area contributed by atoms with Gasteiger partial charge in [0.1, 0.15) is 0 Å². The molecule has 0 radical (unpaired) electrons. The van der Waals surface area contributed by atoms with Crippen LogP contribution >= 0.6 is 0 Å². The lowest BCUT2D eigenvalue weighted by atomic mass is 10.1. The Morgan fingerprint density at radius 2 is 2.00 bits per heavy atom. The Hall–Kier alpha value is -2.65. The minimum atomic E-state index is -5.20. The van der Waals surface area contributed by atoms with Crippen LogP contribution in [0.2, 0.25) is 0 Å². The van der Waals surface area contributed by atoms with E-state index in [0.717, 1.165) is 19.0 Å². The van der Waals surface area contributed by atoms with E-state index in [1.807, 2.05) is 0 Å². The molecule has 10 heteroatoms. The van der Waals surface area contributed by atoms with E-state index in [0.29, 0.717) is 17.7 Å². The maximum atomic E-state index is 13.7. The quantitative estimate of drug-likeness (QED) is 0.804. The van der Waals surface area contributed by atoms with E-state index >= 15 is 0 Å². The van der Waals surface area contributed by atoms with Crippen LogP contribution in [0.1, 0.15) is 36.0 Å². The van der Waals surface area contributed by atoms with Crippen molar-refractivity contribution >= 4 is 17.8 Å². The second-order valence-electron chi connectivity index (χ2n) is 5.99. The van der Waals surface area contributed by atoms with Crippen molar-refractivity contribution in [3.8, 4) is 0 Å². The van der Waals surface area contributed by atoms with Crippen molar-refractivity contribution in [2.75, 3.05) is 0 Å². The molecule has 2 heterocycles. The van der Waals surface area contributed by atoms with Gasteiger partial charge < -0.3 is 5.32 Å². The van der Waals surface area contributed by atoms with Crippen molar-refractivity contribution in [3.63, 3.8) is 0 Å². The van der Waals surface area contributed by atoms with Crippen LogP contribution < -0.4 is 10.6 Å². The van der Waals surface area contributed by atoms with Crippen molar-refractivity contribution in [1.29, 1.82) is 0 Å². The summed E-state index contributed by atoms with van der Waals surface area (Å²) in [6.45, 7) is 0. The lowest BCUT2D eigenvalue weighted by Crippen LogP contribution is -2.69. The number of amides is 4. The zero-order chi connectivity index (χ0) is 18.2. The largest absolute Gasteiger partial charge is 0.440 e. The van der Waals surface area contributed by atoms with Gasteiger partial charge in [0.25, 0.3) is 17.5 Å². The third kappa shape index (κ3) is 2.81. The predicted octanol–water partition coefficient (Wildman–Crippen LogP) is 1.56. The van der Waals surface area contributed by atoms with Crippen LogP contribution in [0, 0.1) is 0 Å². The number of urea groups is 1. The molecule has 1 aliphatic carbocycles. The number of nitrogens with one attached hydrogen (secondary N) is 2. The standard InChI is InChI=1S/C15H15F3N4O3/c16-15(17,18)14(20-11(23)9-4-3-7-19-8-9)12(24)22(13(25)21-14)10-5-1-2-6-10/h3-4,7-8,10H,1-2,5-6H2,(H,20,23)(H,21,25). The van der Waals surface area contributed by atoms with E-state index in [2.05, 4.69) is 4.98 Å². The topological polar surface area (TPSA) is 91.4 Å². The molecule has 25 heavy (non-hydrogen) atoms. The van der Waals surface area contributed by atoms with Gasteiger partial charge >= 0.3 is 12.2 Å². The zero-order valence-electron chi connectivity index (χ0n) is 13.0. The smallest absolute Gasteiger partial charge is 0.314 e. The van der Waals surface area contributed by atoms with Gasteiger partial charge in [0.15, 0.2) is 0 Å². The predicted molar refractivity (Wildman–Crippen MR) is 78.1 cm³/mol. The Morgan fingerprint density at radius 1 is 1.32 bits per heavy atom. The maximum absolute atomic E-state index is 13.7. The summed E-state index contributed by atoms with van der Waals surface area (Å²) in [6.07, 6.45) is -0.445. The summed E-state index contributed by atoms with van der Waals surface area (Å²) in [5.74, 6) is -2.67. The summed E-state index contributed by atoms with van der Waals surface area (Å²) in [5.41, 5.74) is -3.63. The Kier molecular flexibility index (Phi) is 4.13. The third-order valence-electron chi connectivity index (χ3n) is 4.39. The summed E-state index contributed by atoms with van der Waals surface area (Å²) >= 11 is 0. The third-order valence-corrected chi connectivity index (χ3v) is 4.39. The average Bonchev–Trinajstić information content (AvgIpc) is 3.15. The van der Waals surface area contributed by atoms with Gasteiger partial charge in [-0.15, -0.1) is 0 Å². The molecule has 1 aromatic rings. The first-order valence-corrected chi connectivity index (χ1v) is 7.71. The number of carbonyl (C=O) groups is 3. The molecule has 0 bridgehead atoms. The molecule has 1 atom stereocenters. The average molecular weight is 356 g/mol. The number of alkyl halides is 3. The molecule has 0 spiro atoms.